The SMILES string of the molecule is O=C(/C=C/c1cccnc1Cl)c1ccccc1O. The first-order valence-corrected chi connectivity index (χ1v) is 5.67. The third kappa shape index (κ3) is 2.76. The highest BCUT2D eigenvalue weighted by atomic mass is 35.5. The molecule has 0 spiro atoms. The Morgan fingerprint density at radius 2 is 2.00 bits per heavy atom. The molecule has 3 nitrogen and oxygen atoms in total. The molecule has 90 valence electrons. The number of hydrogen-bond donors (Lipinski definition) is 1. The lowest BCUT2D eigenvalue weighted by Crippen LogP contribution is -1.94. The van der Waals surface area contributed by atoms with Crippen molar-refractivity contribution >= 4 is 23.5 Å². The number of carbonyl (C=O) groups excluding carboxylic acids is 1. The van der Waals surface area contributed by atoms with Crippen LogP contribution in [-0.4, -0.2) is 15.9 Å². The van der Waals surface area contributed by atoms with Gasteiger partial charge >= 0.3 is 0 Å². The maximum atomic E-state index is 11.8. The van der Waals surface area contributed by atoms with Crippen molar-refractivity contribution in [2.24, 2.45) is 0 Å². The molecule has 1 aromatic heterocycles. The fourth-order valence-corrected chi connectivity index (χ4v) is 1.64. The minimum Gasteiger partial charge on any atom is -0.507 e. The maximum absolute atomic E-state index is 11.8. The fraction of sp³-hybridized carbons (Fsp3) is 0. The Hall–Kier alpha value is -2.13. The van der Waals surface area contributed by atoms with Gasteiger partial charge in [-0.15, -0.1) is 0 Å². The van der Waals surface area contributed by atoms with Crippen LogP contribution in [0.4, 0.5) is 0 Å². The monoisotopic (exact) mass is 259 g/mol. The quantitative estimate of drug-likeness (QED) is 0.522. The molecule has 0 bridgehead atoms. The van der Waals surface area contributed by atoms with Crippen molar-refractivity contribution in [2.45, 2.75) is 0 Å². The Bertz CT molecular complexity index is 608. The van der Waals surface area contributed by atoms with Crippen LogP contribution in [0.25, 0.3) is 6.08 Å². The molecule has 0 aliphatic rings. The summed E-state index contributed by atoms with van der Waals surface area (Å²) in [6.45, 7) is 0. The van der Waals surface area contributed by atoms with E-state index in [-0.39, 0.29) is 17.1 Å². The first kappa shape index (κ1) is 12.3. The Kier molecular flexibility index (Phi) is 3.75. The Morgan fingerprint density at radius 3 is 2.72 bits per heavy atom. The van der Waals surface area contributed by atoms with Crippen molar-refractivity contribution in [3.05, 3.63) is 65.0 Å². The summed E-state index contributed by atoms with van der Waals surface area (Å²) in [6, 6.07) is 9.87. The van der Waals surface area contributed by atoms with Crippen LogP contribution in [0.2, 0.25) is 5.15 Å². The Labute approximate surface area is 109 Å². The first-order valence-electron chi connectivity index (χ1n) is 5.29. The van der Waals surface area contributed by atoms with Gasteiger partial charge in [-0.2, -0.15) is 0 Å². The molecule has 0 aliphatic heterocycles. The van der Waals surface area contributed by atoms with Crippen LogP contribution in [0, 0.1) is 0 Å². The smallest absolute Gasteiger partial charge is 0.189 e. The molecular formula is C14H10ClNO2. The third-order valence-corrected chi connectivity index (χ3v) is 2.69. The van der Waals surface area contributed by atoms with Gasteiger partial charge in [0.05, 0.1) is 5.56 Å². The number of aromatic nitrogens is 1. The van der Waals surface area contributed by atoms with Gasteiger partial charge in [0, 0.05) is 11.8 Å². The van der Waals surface area contributed by atoms with Gasteiger partial charge < -0.3 is 5.11 Å². The minimum absolute atomic E-state index is 0.0376. The number of hydrogen-bond acceptors (Lipinski definition) is 3. The third-order valence-electron chi connectivity index (χ3n) is 2.37. The molecule has 0 atom stereocenters. The molecule has 4 heteroatoms. The van der Waals surface area contributed by atoms with Crippen LogP contribution < -0.4 is 0 Å². The van der Waals surface area contributed by atoms with E-state index in [1.165, 1.54) is 12.1 Å². The van der Waals surface area contributed by atoms with E-state index in [2.05, 4.69) is 4.98 Å². The summed E-state index contributed by atoms with van der Waals surface area (Å²) in [5.41, 5.74) is 0.914. The van der Waals surface area contributed by atoms with Crippen LogP contribution in [0.3, 0.4) is 0 Å². The first-order chi connectivity index (χ1) is 8.68. The van der Waals surface area contributed by atoms with Crippen molar-refractivity contribution in [3.8, 4) is 5.75 Å². The number of nitrogens with zero attached hydrogens (tertiary/aromatic N) is 1. The van der Waals surface area contributed by atoms with Crippen molar-refractivity contribution in [1.82, 2.24) is 4.98 Å². The molecule has 0 saturated heterocycles. The molecule has 2 rings (SSSR count). The fourth-order valence-electron chi connectivity index (χ4n) is 1.46. The molecule has 0 aliphatic carbocycles. The van der Waals surface area contributed by atoms with Crippen LogP contribution in [0.15, 0.2) is 48.7 Å². The zero-order chi connectivity index (χ0) is 13.0. The molecule has 1 aromatic carbocycles. The van der Waals surface area contributed by atoms with E-state index in [1.54, 1.807) is 42.6 Å². The highest BCUT2D eigenvalue weighted by molar-refractivity contribution is 6.31. The van der Waals surface area contributed by atoms with Gasteiger partial charge in [-0.1, -0.05) is 29.8 Å². The van der Waals surface area contributed by atoms with Crippen LogP contribution in [-0.2, 0) is 0 Å². The predicted molar refractivity (Wildman–Crippen MR) is 70.7 cm³/mol. The van der Waals surface area contributed by atoms with Crippen molar-refractivity contribution in [3.63, 3.8) is 0 Å². The summed E-state index contributed by atoms with van der Waals surface area (Å²) in [6.07, 6.45) is 4.51. The highest BCUT2D eigenvalue weighted by Gasteiger charge is 2.06. The van der Waals surface area contributed by atoms with Crippen LogP contribution in [0.1, 0.15) is 15.9 Å². The van der Waals surface area contributed by atoms with Crippen molar-refractivity contribution < 1.29 is 9.90 Å². The average Bonchev–Trinajstić information content (AvgIpc) is 2.38. The van der Waals surface area contributed by atoms with Crippen molar-refractivity contribution in [2.75, 3.05) is 0 Å². The lowest BCUT2D eigenvalue weighted by Gasteiger charge is -1.99. The second-order valence-electron chi connectivity index (χ2n) is 3.60. The molecule has 18 heavy (non-hydrogen) atoms. The number of phenolic OH excluding ortho intramolecular Hbond substituents is 1. The number of allylic oxidation sites excluding steroid dienone is 1. The van der Waals surface area contributed by atoms with Gasteiger partial charge in [-0.3, -0.25) is 4.79 Å². The molecule has 0 saturated carbocycles. The normalized spacial score (nSPS) is 10.7. The molecule has 2 aromatic rings. The number of rotatable bonds is 3. The topological polar surface area (TPSA) is 50.2 Å². The zero-order valence-electron chi connectivity index (χ0n) is 9.38. The van der Waals surface area contributed by atoms with Crippen molar-refractivity contribution in [1.29, 1.82) is 0 Å². The molecule has 1 heterocycles. The van der Waals surface area contributed by atoms with Gasteiger partial charge in [0.25, 0.3) is 0 Å². The predicted octanol–water partition coefficient (Wildman–Crippen LogP) is 3.34. The summed E-state index contributed by atoms with van der Waals surface area (Å²) in [7, 11) is 0. The molecular weight excluding hydrogens is 250 g/mol. The lowest BCUT2D eigenvalue weighted by molar-refractivity contribution is 0.104. The lowest BCUT2D eigenvalue weighted by atomic mass is 10.1. The van der Waals surface area contributed by atoms with E-state index < -0.39 is 0 Å². The molecule has 0 radical (unpaired) electrons. The maximum Gasteiger partial charge on any atom is 0.189 e. The Balaban J connectivity index is 2.23. The van der Waals surface area contributed by atoms with E-state index in [0.29, 0.717) is 10.7 Å². The average molecular weight is 260 g/mol. The summed E-state index contributed by atoms with van der Waals surface area (Å²) in [4.78, 5) is 15.7. The van der Waals surface area contributed by atoms with E-state index in [1.807, 2.05) is 0 Å². The number of benzene rings is 1. The minimum atomic E-state index is -0.284. The van der Waals surface area contributed by atoms with E-state index >= 15 is 0 Å². The van der Waals surface area contributed by atoms with Crippen LogP contribution >= 0.6 is 11.6 Å². The molecule has 1 N–H and O–H groups in total. The number of para-hydroxylation sites is 1. The van der Waals surface area contributed by atoms with E-state index in [0.717, 1.165) is 0 Å². The number of halogens is 1. The summed E-state index contributed by atoms with van der Waals surface area (Å²) in [5.74, 6) is -0.322. The number of ketones is 1. The van der Waals surface area contributed by atoms with Gasteiger partial charge in [0.15, 0.2) is 5.78 Å². The second kappa shape index (κ2) is 5.47. The summed E-state index contributed by atoms with van der Waals surface area (Å²) in [5, 5.41) is 9.87. The van der Waals surface area contributed by atoms with Gasteiger partial charge in [-0.05, 0) is 30.4 Å². The number of pyridine rings is 1. The molecule has 0 unspecified atom stereocenters. The number of phenols is 1. The zero-order valence-corrected chi connectivity index (χ0v) is 10.1. The number of aromatic hydroxyl groups is 1. The van der Waals surface area contributed by atoms with Crippen LogP contribution in [0.5, 0.6) is 5.75 Å². The molecule has 0 amide bonds. The highest BCUT2D eigenvalue weighted by Crippen LogP contribution is 2.18. The molecule has 0 fully saturated rings. The summed E-state index contributed by atoms with van der Waals surface area (Å²) < 4.78 is 0. The van der Waals surface area contributed by atoms with Gasteiger partial charge in [0.2, 0.25) is 0 Å². The standard InChI is InChI=1S/C14H10ClNO2/c15-14-10(4-3-9-16-14)7-8-13(18)11-5-1-2-6-12(11)17/h1-9,17H/b8-7+. The van der Waals surface area contributed by atoms with E-state index in [4.69, 9.17) is 11.6 Å². The van der Waals surface area contributed by atoms with Gasteiger partial charge in [0.1, 0.15) is 10.9 Å². The van der Waals surface area contributed by atoms with E-state index in [9.17, 15) is 9.90 Å². The largest absolute Gasteiger partial charge is 0.507 e. The number of carbonyl (C=O) groups is 1. The second-order valence-corrected chi connectivity index (χ2v) is 3.96. The van der Waals surface area contributed by atoms with Gasteiger partial charge in [-0.25, -0.2) is 4.98 Å². The summed E-state index contributed by atoms with van der Waals surface area (Å²) >= 11 is 5.86. The Morgan fingerprint density at radius 1 is 1.22 bits per heavy atom.